The van der Waals surface area contributed by atoms with Crippen LogP contribution in [0.4, 0.5) is 4.39 Å². The summed E-state index contributed by atoms with van der Waals surface area (Å²) in [5.74, 6) is -0.306. The Balaban J connectivity index is 2.58. The van der Waals surface area contributed by atoms with E-state index in [9.17, 15) is 9.18 Å². The van der Waals surface area contributed by atoms with Crippen LogP contribution in [0.5, 0.6) is 0 Å². The molecule has 3 unspecified atom stereocenters. The molecule has 3 nitrogen and oxygen atoms in total. The number of hydrogen-bond acceptors (Lipinski definition) is 2. The predicted octanol–water partition coefficient (Wildman–Crippen LogP) is -0.00270. The third-order valence-corrected chi connectivity index (χ3v) is 2.13. The van der Waals surface area contributed by atoms with Crippen molar-refractivity contribution in [2.24, 2.45) is 0 Å². The Labute approximate surface area is 69.3 Å². The average molecular weight is 181 g/mol. The number of carbonyl (C=O) groups is 1. The molecule has 1 aliphatic heterocycles. The Bertz CT molecular complexity index is 165. The monoisotopic (exact) mass is 180 g/mol. The number of nitrogens with one attached hydrogen (secondary N) is 2. The Morgan fingerprint density at radius 1 is 1.82 bits per heavy atom. The summed E-state index contributed by atoms with van der Waals surface area (Å²) < 4.78 is 12.7. The van der Waals surface area contributed by atoms with Gasteiger partial charge in [0.1, 0.15) is 11.5 Å². The number of alkyl halides is 2. The molecular weight excluding hydrogens is 171 g/mol. The summed E-state index contributed by atoms with van der Waals surface area (Å²) in [6.45, 7) is 1.67. The van der Waals surface area contributed by atoms with Crippen LogP contribution in [-0.2, 0) is 4.79 Å². The Kier molecular flexibility index (Phi) is 2.67. The Morgan fingerprint density at radius 2 is 2.45 bits per heavy atom. The van der Waals surface area contributed by atoms with E-state index in [1.165, 1.54) is 6.92 Å². The molecule has 1 aliphatic rings. The van der Waals surface area contributed by atoms with Crippen molar-refractivity contribution in [3.8, 4) is 0 Å². The fourth-order valence-electron chi connectivity index (χ4n) is 1.02. The minimum absolute atomic E-state index is 0.293. The van der Waals surface area contributed by atoms with Gasteiger partial charge in [-0.2, -0.15) is 0 Å². The highest BCUT2D eigenvalue weighted by molar-refractivity contribution is 6.31. The van der Waals surface area contributed by atoms with Gasteiger partial charge < -0.3 is 5.32 Å². The minimum Gasteiger partial charge on any atom is -0.342 e. The smallest absolute Gasteiger partial charge is 0.240 e. The normalized spacial score (nSPS) is 34.6. The zero-order chi connectivity index (χ0) is 8.43. The van der Waals surface area contributed by atoms with Gasteiger partial charge in [0.15, 0.2) is 0 Å². The molecule has 0 aromatic carbocycles. The maximum Gasteiger partial charge on any atom is 0.240 e. The minimum atomic E-state index is -1.11. The molecule has 0 radical (unpaired) electrons. The van der Waals surface area contributed by atoms with Crippen molar-refractivity contribution in [3.63, 3.8) is 0 Å². The lowest BCUT2D eigenvalue weighted by molar-refractivity contribution is -0.123. The summed E-state index contributed by atoms with van der Waals surface area (Å²) in [7, 11) is 0. The lowest BCUT2D eigenvalue weighted by atomic mass is 10.1. The van der Waals surface area contributed by atoms with Gasteiger partial charge in [0.05, 0.1) is 12.7 Å². The molecule has 1 amide bonds. The first-order valence-corrected chi connectivity index (χ1v) is 3.86. The van der Waals surface area contributed by atoms with E-state index in [2.05, 4.69) is 10.6 Å². The maximum absolute atomic E-state index is 12.7. The van der Waals surface area contributed by atoms with Crippen LogP contribution >= 0.6 is 11.6 Å². The Morgan fingerprint density at radius 3 is 2.91 bits per heavy atom. The number of rotatable bonds is 1. The van der Waals surface area contributed by atoms with Crippen LogP contribution in [-0.4, -0.2) is 30.2 Å². The van der Waals surface area contributed by atoms with Gasteiger partial charge in [0, 0.05) is 0 Å². The Hall–Kier alpha value is -0.350. The van der Waals surface area contributed by atoms with Gasteiger partial charge in [-0.25, -0.2) is 4.39 Å². The third-order valence-electron chi connectivity index (χ3n) is 1.66. The van der Waals surface area contributed by atoms with Crippen molar-refractivity contribution in [3.05, 3.63) is 0 Å². The second kappa shape index (κ2) is 3.36. The molecule has 11 heavy (non-hydrogen) atoms. The summed E-state index contributed by atoms with van der Waals surface area (Å²) in [5, 5.41) is 4.43. The van der Waals surface area contributed by atoms with E-state index in [-0.39, 0.29) is 5.91 Å². The SMILES string of the molecule is CC(F)C1NCNC(=O)C1Cl. The molecule has 3 atom stereocenters. The molecular formula is C6H10ClFN2O. The summed E-state index contributed by atoms with van der Waals surface area (Å²) in [4.78, 5) is 10.9. The lowest BCUT2D eigenvalue weighted by Gasteiger charge is -2.29. The van der Waals surface area contributed by atoms with E-state index >= 15 is 0 Å². The van der Waals surface area contributed by atoms with Gasteiger partial charge in [0.25, 0.3) is 0 Å². The van der Waals surface area contributed by atoms with Gasteiger partial charge in [-0.05, 0) is 6.92 Å². The maximum atomic E-state index is 12.7. The largest absolute Gasteiger partial charge is 0.342 e. The van der Waals surface area contributed by atoms with Crippen LogP contribution in [0.15, 0.2) is 0 Å². The van der Waals surface area contributed by atoms with Crippen molar-refractivity contribution in [2.45, 2.75) is 24.5 Å². The number of hydrogen-bond donors (Lipinski definition) is 2. The van der Waals surface area contributed by atoms with Crippen LogP contribution < -0.4 is 10.6 Å². The van der Waals surface area contributed by atoms with Gasteiger partial charge in [-0.15, -0.1) is 11.6 Å². The highest BCUT2D eigenvalue weighted by Gasteiger charge is 2.33. The van der Waals surface area contributed by atoms with Crippen molar-refractivity contribution in [1.82, 2.24) is 10.6 Å². The third kappa shape index (κ3) is 1.81. The molecule has 1 heterocycles. The lowest BCUT2D eigenvalue weighted by Crippen LogP contribution is -2.59. The van der Waals surface area contributed by atoms with Crippen LogP contribution in [0.1, 0.15) is 6.92 Å². The zero-order valence-corrected chi connectivity index (χ0v) is 6.86. The quantitative estimate of drug-likeness (QED) is 0.558. The zero-order valence-electron chi connectivity index (χ0n) is 6.10. The van der Waals surface area contributed by atoms with E-state index in [1.54, 1.807) is 0 Å². The summed E-state index contributed by atoms with van der Waals surface area (Å²) in [6.07, 6.45) is -1.11. The summed E-state index contributed by atoms with van der Waals surface area (Å²) in [6, 6.07) is -0.564. The van der Waals surface area contributed by atoms with E-state index in [0.717, 1.165) is 0 Å². The standard InChI is InChI=1S/C6H10ClFN2O/c1-3(8)5-4(7)6(11)10-2-9-5/h3-5,9H,2H2,1H3,(H,10,11). The van der Waals surface area contributed by atoms with Gasteiger partial charge in [0.2, 0.25) is 5.91 Å². The molecule has 1 saturated heterocycles. The molecule has 0 aromatic rings. The predicted molar refractivity (Wildman–Crippen MR) is 40.1 cm³/mol. The number of halogens is 2. The first-order valence-electron chi connectivity index (χ1n) is 3.42. The topological polar surface area (TPSA) is 41.1 Å². The molecule has 0 saturated carbocycles. The van der Waals surface area contributed by atoms with Crippen LogP contribution in [0, 0.1) is 0 Å². The van der Waals surface area contributed by atoms with Gasteiger partial charge >= 0.3 is 0 Å². The van der Waals surface area contributed by atoms with E-state index in [4.69, 9.17) is 11.6 Å². The van der Waals surface area contributed by atoms with E-state index in [0.29, 0.717) is 6.67 Å². The molecule has 5 heteroatoms. The molecule has 0 bridgehead atoms. The molecule has 1 fully saturated rings. The van der Waals surface area contributed by atoms with Crippen molar-refractivity contribution < 1.29 is 9.18 Å². The molecule has 2 N–H and O–H groups in total. The number of carbonyl (C=O) groups excluding carboxylic acids is 1. The van der Waals surface area contributed by atoms with Crippen molar-refractivity contribution in [1.29, 1.82) is 0 Å². The first-order chi connectivity index (χ1) is 5.13. The van der Waals surface area contributed by atoms with Crippen LogP contribution in [0.3, 0.4) is 0 Å². The molecule has 1 rings (SSSR count). The fraction of sp³-hybridized carbons (Fsp3) is 0.833. The van der Waals surface area contributed by atoms with Gasteiger partial charge in [-0.1, -0.05) is 0 Å². The molecule has 0 aliphatic carbocycles. The highest BCUT2D eigenvalue weighted by Crippen LogP contribution is 2.12. The summed E-state index contributed by atoms with van der Waals surface area (Å²) >= 11 is 5.61. The molecule has 0 spiro atoms. The summed E-state index contributed by atoms with van der Waals surface area (Å²) in [5.41, 5.74) is 0. The first kappa shape index (κ1) is 8.74. The second-order valence-electron chi connectivity index (χ2n) is 2.53. The molecule has 64 valence electrons. The van der Waals surface area contributed by atoms with Gasteiger partial charge in [-0.3, -0.25) is 10.1 Å². The fourth-order valence-corrected chi connectivity index (χ4v) is 1.38. The average Bonchev–Trinajstić information content (AvgIpc) is 1.94. The van der Waals surface area contributed by atoms with Crippen molar-refractivity contribution >= 4 is 17.5 Å². The van der Waals surface area contributed by atoms with Crippen LogP contribution in [0.25, 0.3) is 0 Å². The van der Waals surface area contributed by atoms with Crippen molar-refractivity contribution in [2.75, 3.05) is 6.67 Å². The van der Waals surface area contributed by atoms with Crippen LogP contribution in [0.2, 0.25) is 0 Å². The van der Waals surface area contributed by atoms with E-state index in [1.807, 2.05) is 0 Å². The number of amides is 1. The molecule has 0 aromatic heterocycles. The second-order valence-corrected chi connectivity index (χ2v) is 3.00. The van der Waals surface area contributed by atoms with E-state index < -0.39 is 17.6 Å². The highest BCUT2D eigenvalue weighted by atomic mass is 35.5.